The third-order valence-electron chi connectivity index (χ3n) is 5.72. The van der Waals surface area contributed by atoms with E-state index < -0.39 is 17.7 Å². The van der Waals surface area contributed by atoms with Crippen molar-refractivity contribution in [3.8, 4) is 5.75 Å². The summed E-state index contributed by atoms with van der Waals surface area (Å²) in [6.45, 7) is 6.46. The molecular formula is C27H26N2O4. The van der Waals surface area contributed by atoms with Gasteiger partial charge in [0, 0.05) is 24.5 Å². The van der Waals surface area contributed by atoms with Crippen LogP contribution in [-0.2, 0) is 16.1 Å². The number of pyridine rings is 1. The molecule has 1 aliphatic heterocycles. The summed E-state index contributed by atoms with van der Waals surface area (Å²) in [6, 6.07) is 15.8. The number of aromatic nitrogens is 1. The van der Waals surface area contributed by atoms with Gasteiger partial charge < -0.3 is 14.7 Å². The number of carbonyl (C=O) groups is 2. The molecule has 1 fully saturated rings. The predicted molar refractivity (Wildman–Crippen MR) is 126 cm³/mol. The van der Waals surface area contributed by atoms with Crippen LogP contribution in [0.5, 0.6) is 5.75 Å². The van der Waals surface area contributed by atoms with Crippen LogP contribution >= 0.6 is 0 Å². The first-order valence-corrected chi connectivity index (χ1v) is 10.9. The highest BCUT2D eigenvalue weighted by Crippen LogP contribution is 2.40. The fourth-order valence-corrected chi connectivity index (χ4v) is 4.19. The van der Waals surface area contributed by atoms with Gasteiger partial charge in [0.05, 0.1) is 18.2 Å². The van der Waals surface area contributed by atoms with Gasteiger partial charge >= 0.3 is 0 Å². The number of likely N-dealkylation sites (tertiary alicyclic amines) is 1. The molecule has 1 amide bonds. The van der Waals surface area contributed by atoms with Crippen molar-refractivity contribution >= 4 is 17.4 Å². The van der Waals surface area contributed by atoms with Gasteiger partial charge in [0.15, 0.2) is 0 Å². The highest BCUT2D eigenvalue weighted by Gasteiger charge is 2.46. The molecule has 33 heavy (non-hydrogen) atoms. The number of aliphatic hydroxyl groups is 1. The van der Waals surface area contributed by atoms with Crippen LogP contribution in [0.25, 0.3) is 5.76 Å². The Hall–Kier alpha value is -3.93. The summed E-state index contributed by atoms with van der Waals surface area (Å²) in [5.41, 5.74) is 3.94. The number of hydrogen-bond donors (Lipinski definition) is 1. The molecule has 1 N–H and O–H groups in total. The molecule has 1 atom stereocenters. The Balaban J connectivity index is 1.85. The highest BCUT2D eigenvalue weighted by molar-refractivity contribution is 6.46. The fraction of sp³-hybridized carbons (Fsp3) is 0.222. The highest BCUT2D eigenvalue weighted by atomic mass is 16.5. The minimum atomic E-state index is -0.711. The molecular weight excluding hydrogens is 416 g/mol. The van der Waals surface area contributed by atoms with E-state index in [1.807, 2.05) is 51.1 Å². The Labute approximate surface area is 193 Å². The lowest BCUT2D eigenvalue weighted by atomic mass is 9.94. The van der Waals surface area contributed by atoms with Crippen molar-refractivity contribution in [2.24, 2.45) is 0 Å². The van der Waals surface area contributed by atoms with Gasteiger partial charge in [0.25, 0.3) is 11.7 Å². The summed E-state index contributed by atoms with van der Waals surface area (Å²) in [5, 5.41) is 11.3. The second kappa shape index (κ2) is 9.28. The van der Waals surface area contributed by atoms with Crippen molar-refractivity contribution in [1.29, 1.82) is 0 Å². The molecule has 1 saturated heterocycles. The Morgan fingerprint density at radius 2 is 1.91 bits per heavy atom. The number of aryl methyl sites for hydroxylation is 2. The van der Waals surface area contributed by atoms with Crippen molar-refractivity contribution in [3.05, 3.63) is 100 Å². The van der Waals surface area contributed by atoms with Crippen LogP contribution in [0, 0.1) is 13.8 Å². The first kappa shape index (κ1) is 22.3. The molecule has 168 valence electrons. The maximum atomic E-state index is 13.2. The maximum absolute atomic E-state index is 13.2. The lowest BCUT2D eigenvalue weighted by Gasteiger charge is -2.25. The number of Topliss-reactive ketones (excluding diaryl/α,β-unsaturated/α-hetero) is 1. The third-order valence-corrected chi connectivity index (χ3v) is 5.72. The molecule has 4 rings (SSSR count). The molecule has 0 radical (unpaired) electrons. The standard InChI is InChI=1S/C27H26N2O4/c1-4-33-22-11-10-21(14-18(22)3)25(30)23-24(20-9-5-7-17(2)13-20)29(27(32)26(23)31)16-19-8-6-12-28-15-19/h5-15,24,30H,4,16H2,1-3H3/b25-23-. The minimum Gasteiger partial charge on any atom is -0.507 e. The van der Waals surface area contributed by atoms with Gasteiger partial charge in [-0.3, -0.25) is 14.6 Å². The molecule has 0 aliphatic carbocycles. The van der Waals surface area contributed by atoms with Crippen LogP contribution in [0.1, 0.15) is 40.8 Å². The summed E-state index contributed by atoms with van der Waals surface area (Å²) in [7, 11) is 0. The van der Waals surface area contributed by atoms with Crippen molar-refractivity contribution < 1.29 is 19.4 Å². The van der Waals surface area contributed by atoms with E-state index in [9.17, 15) is 14.7 Å². The molecule has 0 spiro atoms. The van der Waals surface area contributed by atoms with Crippen LogP contribution in [0.3, 0.4) is 0 Å². The summed E-state index contributed by atoms with van der Waals surface area (Å²) >= 11 is 0. The molecule has 1 unspecified atom stereocenters. The first-order valence-electron chi connectivity index (χ1n) is 10.9. The van der Waals surface area contributed by atoms with E-state index in [0.29, 0.717) is 17.9 Å². The van der Waals surface area contributed by atoms with Crippen LogP contribution in [0.15, 0.2) is 72.6 Å². The molecule has 2 aromatic carbocycles. The van der Waals surface area contributed by atoms with E-state index >= 15 is 0 Å². The number of amides is 1. The predicted octanol–water partition coefficient (Wildman–Crippen LogP) is 4.72. The average Bonchev–Trinajstić information content (AvgIpc) is 3.05. The molecule has 6 heteroatoms. The minimum absolute atomic E-state index is 0.0815. The first-order chi connectivity index (χ1) is 15.9. The van der Waals surface area contributed by atoms with Gasteiger partial charge in [0.2, 0.25) is 0 Å². The topological polar surface area (TPSA) is 79.7 Å². The average molecular weight is 443 g/mol. The normalized spacial score (nSPS) is 17.4. The number of ether oxygens (including phenoxy) is 1. The second-order valence-corrected chi connectivity index (χ2v) is 8.12. The number of nitrogens with zero attached hydrogens (tertiary/aromatic N) is 2. The monoisotopic (exact) mass is 442 g/mol. The Kier molecular flexibility index (Phi) is 6.27. The number of aliphatic hydroxyl groups excluding tert-OH is 1. The van der Waals surface area contributed by atoms with E-state index in [1.54, 1.807) is 36.7 Å². The SMILES string of the molecule is CCOc1ccc(/C(O)=C2/C(=O)C(=O)N(Cc3cccnc3)C2c2cccc(C)c2)cc1C. The lowest BCUT2D eigenvalue weighted by Crippen LogP contribution is -2.29. The zero-order chi connectivity index (χ0) is 23.5. The van der Waals surface area contributed by atoms with E-state index in [1.165, 1.54) is 4.90 Å². The van der Waals surface area contributed by atoms with Gasteiger partial charge in [-0.25, -0.2) is 0 Å². The van der Waals surface area contributed by atoms with Crippen LogP contribution in [0.4, 0.5) is 0 Å². The van der Waals surface area contributed by atoms with Gasteiger partial charge in [-0.2, -0.15) is 0 Å². The quantitative estimate of drug-likeness (QED) is 0.339. The number of benzene rings is 2. The van der Waals surface area contributed by atoms with Crippen molar-refractivity contribution in [2.75, 3.05) is 6.61 Å². The molecule has 0 saturated carbocycles. The molecule has 0 bridgehead atoms. The van der Waals surface area contributed by atoms with Crippen LogP contribution in [0.2, 0.25) is 0 Å². The second-order valence-electron chi connectivity index (χ2n) is 8.12. The number of carbonyl (C=O) groups excluding carboxylic acids is 2. The largest absolute Gasteiger partial charge is 0.507 e. The maximum Gasteiger partial charge on any atom is 0.295 e. The van der Waals surface area contributed by atoms with Gasteiger partial charge in [-0.15, -0.1) is 0 Å². The van der Waals surface area contributed by atoms with Crippen LogP contribution in [-0.4, -0.2) is 33.3 Å². The van der Waals surface area contributed by atoms with Crippen molar-refractivity contribution in [1.82, 2.24) is 9.88 Å². The zero-order valence-electron chi connectivity index (χ0n) is 18.9. The van der Waals surface area contributed by atoms with Crippen molar-refractivity contribution in [3.63, 3.8) is 0 Å². The van der Waals surface area contributed by atoms with E-state index in [0.717, 1.165) is 22.3 Å². The molecule has 2 heterocycles. The zero-order valence-corrected chi connectivity index (χ0v) is 18.9. The summed E-state index contributed by atoms with van der Waals surface area (Å²) in [5.74, 6) is -0.829. The lowest BCUT2D eigenvalue weighted by molar-refractivity contribution is -0.140. The number of hydrogen-bond acceptors (Lipinski definition) is 5. The number of ketones is 1. The smallest absolute Gasteiger partial charge is 0.295 e. The third kappa shape index (κ3) is 4.37. The van der Waals surface area contributed by atoms with E-state index in [2.05, 4.69) is 4.98 Å². The Bertz CT molecular complexity index is 1230. The van der Waals surface area contributed by atoms with Crippen LogP contribution < -0.4 is 4.74 Å². The molecule has 3 aromatic rings. The van der Waals surface area contributed by atoms with Crippen molar-refractivity contribution in [2.45, 2.75) is 33.4 Å². The Morgan fingerprint density at radius 1 is 1.09 bits per heavy atom. The van der Waals surface area contributed by atoms with E-state index in [4.69, 9.17) is 4.74 Å². The molecule has 1 aromatic heterocycles. The van der Waals surface area contributed by atoms with E-state index in [-0.39, 0.29) is 17.9 Å². The summed E-state index contributed by atoms with van der Waals surface area (Å²) in [6.07, 6.45) is 3.33. The fourth-order valence-electron chi connectivity index (χ4n) is 4.19. The van der Waals surface area contributed by atoms with Gasteiger partial charge in [-0.05, 0) is 61.7 Å². The summed E-state index contributed by atoms with van der Waals surface area (Å²) in [4.78, 5) is 31.9. The molecule has 6 nitrogen and oxygen atoms in total. The van der Waals surface area contributed by atoms with Gasteiger partial charge in [0.1, 0.15) is 11.5 Å². The Morgan fingerprint density at radius 3 is 2.58 bits per heavy atom. The van der Waals surface area contributed by atoms with Gasteiger partial charge in [-0.1, -0.05) is 35.9 Å². The molecule has 1 aliphatic rings. The summed E-state index contributed by atoms with van der Waals surface area (Å²) < 4.78 is 5.59. The number of rotatable bonds is 6.